The molecule has 0 aliphatic rings. The number of carbonyl (C=O) groups excluding carboxylic acids is 1. The van der Waals surface area contributed by atoms with Gasteiger partial charge in [-0.25, -0.2) is 0 Å². The number of aryl methyl sites for hydroxylation is 1. The fourth-order valence-corrected chi connectivity index (χ4v) is 3.19. The number of aromatic nitrogens is 2. The van der Waals surface area contributed by atoms with E-state index in [-0.39, 0.29) is 11.6 Å². The fourth-order valence-electron chi connectivity index (χ4n) is 2.32. The van der Waals surface area contributed by atoms with Crippen LogP contribution in [0.15, 0.2) is 48.5 Å². The van der Waals surface area contributed by atoms with E-state index in [1.165, 1.54) is 7.05 Å². The summed E-state index contributed by atoms with van der Waals surface area (Å²) in [6.45, 7) is 0.384. The molecule has 3 rings (SSSR count). The average Bonchev–Trinajstić information content (AvgIpc) is 3.19. The monoisotopic (exact) mass is 365 g/mol. The van der Waals surface area contributed by atoms with Gasteiger partial charge in [-0.2, -0.15) is 18.3 Å². The fraction of sp³-hybridized carbons (Fsp3) is 0.176. The second-order valence-electron chi connectivity index (χ2n) is 5.37. The van der Waals surface area contributed by atoms with Crippen LogP contribution >= 0.6 is 11.3 Å². The summed E-state index contributed by atoms with van der Waals surface area (Å²) in [4.78, 5) is 13.1. The molecule has 0 unspecified atom stereocenters. The molecule has 130 valence electrons. The number of hydrogen-bond acceptors (Lipinski definition) is 3. The molecule has 25 heavy (non-hydrogen) atoms. The van der Waals surface area contributed by atoms with Crippen LogP contribution in [0.3, 0.4) is 0 Å². The maximum absolute atomic E-state index is 12.9. The normalized spacial score (nSPS) is 11.5. The Morgan fingerprint density at radius 3 is 2.56 bits per heavy atom. The summed E-state index contributed by atoms with van der Waals surface area (Å²) in [6, 6.07) is 13.6. The molecule has 4 nitrogen and oxygen atoms in total. The van der Waals surface area contributed by atoms with Crippen molar-refractivity contribution < 1.29 is 18.0 Å². The van der Waals surface area contributed by atoms with E-state index in [9.17, 15) is 18.0 Å². The predicted molar refractivity (Wildman–Crippen MR) is 89.1 cm³/mol. The van der Waals surface area contributed by atoms with Crippen LogP contribution in [-0.2, 0) is 19.8 Å². The van der Waals surface area contributed by atoms with Gasteiger partial charge in [0.05, 0.1) is 9.75 Å². The van der Waals surface area contributed by atoms with E-state index in [4.69, 9.17) is 0 Å². The number of amides is 1. The second kappa shape index (κ2) is 6.72. The summed E-state index contributed by atoms with van der Waals surface area (Å²) >= 11 is 1.11. The summed E-state index contributed by atoms with van der Waals surface area (Å²) < 4.78 is 39.3. The van der Waals surface area contributed by atoms with Crippen LogP contribution in [0.5, 0.6) is 0 Å². The number of carbonyl (C=O) groups is 1. The molecule has 0 radical (unpaired) electrons. The third-order valence-corrected chi connectivity index (χ3v) is 4.65. The molecule has 0 atom stereocenters. The van der Waals surface area contributed by atoms with Gasteiger partial charge in [0.2, 0.25) is 0 Å². The van der Waals surface area contributed by atoms with Gasteiger partial charge in [0.15, 0.2) is 0 Å². The number of nitrogens with zero attached hydrogens (tertiary/aromatic N) is 2. The molecule has 0 fully saturated rings. The average molecular weight is 365 g/mol. The summed E-state index contributed by atoms with van der Waals surface area (Å²) in [5, 5.41) is 6.68. The van der Waals surface area contributed by atoms with Crippen molar-refractivity contribution in [1.29, 1.82) is 0 Å². The lowest BCUT2D eigenvalue weighted by molar-refractivity contribution is -0.143. The Kier molecular flexibility index (Phi) is 4.63. The van der Waals surface area contributed by atoms with Crippen molar-refractivity contribution in [3.05, 3.63) is 64.7 Å². The zero-order valence-corrected chi connectivity index (χ0v) is 14.0. The van der Waals surface area contributed by atoms with Crippen molar-refractivity contribution in [2.45, 2.75) is 12.7 Å². The van der Waals surface area contributed by atoms with Crippen LogP contribution in [0.4, 0.5) is 13.2 Å². The highest BCUT2D eigenvalue weighted by Gasteiger charge is 2.35. The van der Waals surface area contributed by atoms with Gasteiger partial charge in [-0.1, -0.05) is 30.3 Å². The molecule has 1 aromatic carbocycles. The Bertz CT molecular complexity index is 884. The standard InChI is InChI=1S/C17H14F3N3OS/c1-23-15(17(18,19)20)9-12(22-23)13-7-8-14(25-13)16(24)21-10-11-5-3-2-4-6-11/h2-9H,10H2,1H3,(H,21,24). The van der Waals surface area contributed by atoms with Crippen molar-refractivity contribution in [1.82, 2.24) is 15.1 Å². The molecule has 1 amide bonds. The van der Waals surface area contributed by atoms with Crippen LogP contribution in [-0.4, -0.2) is 15.7 Å². The van der Waals surface area contributed by atoms with Crippen molar-refractivity contribution in [3.8, 4) is 10.6 Å². The minimum atomic E-state index is -4.47. The van der Waals surface area contributed by atoms with Crippen LogP contribution < -0.4 is 5.32 Å². The zero-order chi connectivity index (χ0) is 18.0. The molecule has 0 spiro atoms. The molecule has 2 aromatic heterocycles. The van der Waals surface area contributed by atoms with E-state index in [2.05, 4.69) is 10.4 Å². The van der Waals surface area contributed by atoms with Gasteiger partial charge in [-0.15, -0.1) is 11.3 Å². The van der Waals surface area contributed by atoms with Crippen LogP contribution in [0.2, 0.25) is 0 Å². The molecular formula is C17H14F3N3OS. The Morgan fingerprint density at radius 1 is 1.20 bits per heavy atom. The molecule has 0 aliphatic heterocycles. The van der Waals surface area contributed by atoms with E-state index in [1.54, 1.807) is 12.1 Å². The molecule has 2 heterocycles. The SMILES string of the molecule is Cn1nc(-c2ccc(C(=O)NCc3ccccc3)s2)cc1C(F)(F)F. The lowest BCUT2D eigenvalue weighted by Gasteiger charge is -2.04. The lowest BCUT2D eigenvalue weighted by Crippen LogP contribution is -2.21. The van der Waals surface area contributed by atoms with Crippen molar-refractivity contribution in [2.24, 2.45) is 7.05 Å². The van der Waals surface area contributed by atoms with Crippen LogP contribution in [0, 0.1) is 0 Å². The van der Waals surface area contributed by atoms with Gasteiger partial charge in [0, 0.05) is 13.6 Å². The topological polar surface area (TPSA) is 46.9 Å². The quantitative estimate of drug-likeness (QED) is 0.757. The maximum Gasteiger partial charge on any atom is 0.433 e. The Morgan fingerprint density at radius 2 is 1.92 bits per heavy atom. The number of benzene rings is 1. The summed E-state index contributed by atoms with van der Waals surface area (Å²) in [6.07, 6.45) is -4.47. The Hall–Kier alpha value is -2.61. The molecule has 0 saturated heterocycles. The van der Waals surface area contributed by atoms with Crippen LogP contribution in [0.25, 0.3) is 10.6 Å². The van der Waals surface area contributed by atoms with Gasteiger partial charge in [0.25, 0.3) is 5.91 Å². The van der Waals surface area contributed by atoms with Gasteiger partial charge in [-0.3, -0.25) is 9.48 Å². The number of rotatable bonds is 4. The van der Waals surface area contributed by atoms with E-state index in [1.807, 2.05) is 30.3 Å². The van der Waals surface area contributed by atoms with E-state index in [0.717, 1.165) is 27.6 Å². The number of thiophene rings is 1. The number of halogens is 3. The Balaban J connectivity index is 1.73. The third-order valence-electron chi connectivity index (χ3n) is 3.55. The first-order valence-electron chi connectivity index (χ1n) is 7.38. The zero-order valence-electron chi connectivity index (χ0n) is 13.2. The molecular weight excluding hydrogens is 351 g/mol. The van der Waals surface area contributed by atoms with Gasteiger partial charge in [0.1, 0.15) is 11.4 Å². The van der Waals surface area contributed by atoms with Crippen LogP contribution in [0.1, 0.15) is 20.9 Å². The van der Waals surface area contributed by atoms with E-state index < -0.39 is 11.9 Å². The smallest absolute Gasteiger partial charge is 0.347 e. The third kappa shape index (κ3) is 3.90. The molecule has 0 bridgehead atoms. The minimum Gasteiger partial charge on any atom is -0.347 e. The highest BCUT2D eigenvalue weighted by Crippen LogP contribution is 2.34. The first-order chi connectivity index (χ1) is 11.8. The molecule has 8 heteroatoms. The first-order valence-corrected chi connectivity index (χ1v) is 8.20. The largest absolute Gasteiger partial charge is 0.433 e. The van der Waals surface area contributed by atoms with Gasteiger partial charge >= 0.3 is 6.18 Å². The highest BCUT2D eigenvalue weighted by atomic mass is 32.1. The first kappa shape index (κ1) is 17.2. The van der Waals surface area contributed by atoms with Gasteiger partial charge < -0.3 is 5.32 Å². The second-order valence-corrected chi connectivity index (χ2v) is 6.45. The number of alkyl halides is 3. The number of hydrogen-bond donors (Lipinski definition) is 1. The van der Waals surface area contributed by atoms with Crippen molar-refractivity contribution in [3.63, 3.8) is 0 Å². The summed E-state index contributed by atoms with van der Waals surface area (Å²) in [5.41, 5.74) is 0.333. The molecule has 0 saturated carbocycles. The lowest BCUT2D eigenvalue weighted by atomic mass is 10.2. The predicted octanol–water partition coefficient (Wildman–Crippen LogP) is 4.10. The molecule has 1 N–H and O–H groups in total. The Labute approximate surface area is 145 Å². The summed E-state index contributed by atoms with van der Waals surface area (Å²) in [7, 11) is 1.24. The van der Waals surface area contributed by atoms with E-state index >= 15 is 0 Å². The number of nitrogens with one attached hydrogen (secondary N) is 1. The van der Waals surface area contributed by atoms with Crippen molar-refractivity contribution in [2.75, 3.05) is 0 Å². The van der Waals surface area contributed by atoms with E-state index in [0.29, 0.717) is 16.3 Å². The highest BCUT2D eigenvalue weighted by molar-refractivity contribution is 7.17. The van der Waals surface area contributed by atoms with Gasteiger partial charge in [-0.05, 0) is 23.8 Å². The molecule has 3 aromatic rings. The maximum atomic E-state index is 12.9. The molecule has 0 aliphatic carbocycles. The van der Waals surface area contributed by atoms with Crippen molar-refractivity contribution >= 4 is 17.2 Å². The minimum absolute atomic E-state index is 0.196. The summed E-state index contributed by atoms with van der Waals surface area (Å²) in [5.74, 6) is -0.271.